The highest BCUT2D eigenvalue weighted by Gasteiger charge is 2.28. The van der Waals surface area contributed by atoms with E-state index in [-0.39, 0.29) is 40.4 Å². The summed E-state index contributed by atoms with van der Waals surface area (Å²) in [6.45, 7) is 4.18. The van der Waals surface area contributed by atoms with Gasteiger partial charge in [0.05, 0.1) is 6.04 Å². The first-order valence-corrected chi connectivity index (χ1v) is 12.0. The molecule has 1 heterocycles. The molecule has 0 aromatic rings. The van der Waals surface area contributed by atoms with E-state index in [0.717, 1.165) is 4.90 Å². The molecule has 0 fully saturated rings. The molecule has 1 rings (SSSR count). The maximum atomic E-state index is 12.7. The van der Waals surface area contributed by atoms with E-state index in [0.29, 0.717) is 38.6 Å². The minimum absolute atomic E-state index is 0.198. The minimum Gasteiger partial charge on any atom is -0.352 e. The first-order chi connectivity index (χ1) is 15.5. The summed E-state index contributed by atoms with van der Waals surface area (Å²) in [5.41, 5.74) is 5.00. The topological polar surface area (TPSA) is 168 Å². The van der Waals surface area contributed by atoms with Crippen molar-refractivity contribution in [1.82, 2.24) is 20.9 Å². The third-order valence-electron chi connectivity index (χ3n) is 5.01. The Morgan fingerprint density at radius 1 is 1.00 bits per heavy atom. The average Bonchev–Trinajstić information content (AvgIpc) is 3.05. The van der Waals surface area contributed by atoms with Crippen molar-refractivity contribution in [2.24, 2.45) is 11.7 Å². The molecule has 0 aromatic heterocycles. The van der Waals surface area contributed by atoms with Gasteiger partial charge < -0.3 is 21.7 Å². The van der Waals surface area contributed by atoms with Crippen molar-refractivity contribution in [2.45, 2.75) is 64.5 Å². The van der Waals surface area contributed by atoms with E-state index < -0.39 is 24.0 Å². The molecule has 5 N–H and O–H groups in total. The predicted octanol–water partition coefficient (Wildman–Crippen LogP) is 0.508. The Bertz CT molecular complexity index is 767. The summed E-state index contributed by atoms with van der Waals surface area (Å²) in [7, 11) is 0. The second-order valence-corrected chi connectivity index (χ2v) is 9.12. The summed E-state index contributed by atoms with van der Waals surface area (Å²) < 4.78 is -0.251. The number of hydrogen-bond donors (Lipinski definition) is 4. The summed E-state index contributed by atoms with van der Waals surface area (Å²) in [6, 6.07) is -2.20. The third-order valence-corrected chi connectivity index (χ3v) is 5.76. The molecule has 12 heteroatoms. The fourth-order valence-electron chi connectivity index (χ4n) is 3.19. The van der Waals surface area contributed by atoms with Crippen LogP contribution in [0.4, 0.5) is 4.79 Å². The number of hydrogen-bond acceptors (Lipinski definition) is 6. The summed E-state index contributed by atoms with van der Waals surface area (Å²) in [5.74, 6) is -1.58. The first kappa shape index (κ1) is 28.5. The van der Waals surface area contributed by atoms with Gasteiger partial charge in [-0.3, -0.25) is 28.9 Å². The van der Waals surface area contributed by atoms with Gasteiger partial charge in [0.15, 0.2) is 0 Å². The number of unbranched alkanes of at least 4 members (excludes halogenated alkanes) is 2. The van der Waals surface area contributed by atoms with Gasteiger partial charge in [-0.15, -0.1) is 0 Å². The van der Waals surface area contributed by atoms with E-state index in [1.54, 1.807) is 36.4 Å². The highest BCUT2D eigenvalue weighted by atomic mass is 127. The smallest absolute Gasteiger partial charge is 0.312 e. The number of carbonyl (C=O) groups excluding carboxylic acids is 6. The molecule has 0 unspecified atom stereocenters. The van der Waals surface area contributed by atoms with Crippen molar-refractivity contribution < 1.29 is 28.8 Å². The number of amides is 6. The van der Waals surface area contributed by atoms with E-state index in [4.69, 9.17) is 5.73 Å². The number of nitrogens with zero attached hydrogens (tertiary/aromatic N) is 1. The van der Waals surface area contributed by atoms with Gasteiger partial charge in [-0.25, -0.2) is 4.79 Å². The molecule has 0 aromatic carbocycles. The van der Waals surface area contributed by atoms with Crippen LogP contribution in [-0.2, 0) is 24.0 Å². The normalized spacial score (nSPS) is 14.8. The monoisotopic (exact) mass is 577 g/mol. The van der Waals surface area contributed by atoms with Gasteiger partial charge in [0.2, 0.25) is 15.6 Å². The van der Waals surface area contributed by atoms with Crippen molar-refractivity contribution in [3.05, 3.63) is 12.2 Å². The van der Waals surface area contributed by atoms with E-state index >= 15 is 0 Å². The highest BCUT2D eigenvalue weighted by Crippen LogP contribution is 2.10. The molecule has 0 aliphatic carbocycles. The van der Waals surface area contributed by atoms with Gasteiger partial charge in [0, 0.05) is 54.3 Å². The molecule has 1 aliphatic rings. The van der Waals surface area contributed by atoms with Gasteiger partial charge in [-0.1, -0.05) is 20.3 Å². The zero-order chi connectivity index (χ0) is 25.0. The number of urea groups is 1. The van der Waals surface area contributed by atoms with Crippen molar-refractivity contribution >= 4 is 56.0 Å². The number of primary amides is 1. The maximum absolute atomic E-state index is 12.7. The molecular formula is C21H32IN5O6. The summed E-state index contributed by atoms with van der Waals surface area (Å²) >= 11 is 1.61. The molecule has 11 nitrogen and oxygen atoms in total. The molecule has 33 heavy (non-hydrogen) atoms. The first-order valence-electron chi connectivity index (χ1n) is 10.9. The van der Waals surface area contributed by atoms with Gasteiger partial charge in [0.25, 0.3) is 11.8 Å². The standard InChI is InChI=1S/C21H32IN5O6/c1-13(2)18(20(32)25-14(19(22)31)7-6-11-24-21(23)33)26-15(28)8-4-3-5-12-27-16(29)9-10-17(27)30/h9-10,13-14,18H,3-8,11-12H2,1-2H3,(H,25,32)(H,26,28)(H3,23,24,33)/t14-,18-/m0/s1. The molecule has 184 valence electrons. The van der Waals surface area contributed by atoms with Crippen LogP contribution in [0.1, 0.15) is 52.4 Å². The van der Waals surface area contributed by atoms with Crippen LogP contribution >= 0.6 is 22.6 Å². The van der Waals surface area contributed by atoms with Gasteiger partial charge >= 0.3 is 6.03 Å². The number of rotatable bonds is 15. The van der Waals surface area contributed by atoms with E-state index in [2.05, 4.69) is 16.0 Å². The van der Waals surface area contributed by atoms with Crippen LogP contribution in [0.5, 0.6) is 0 Å². The lowest BCUT2D eigenvalue weighted by molar-refractivity contribution is -0.137. The molecule has 0 saturated carbocycles. The molecule has 0 spiro atoms. The van der Waals surface area contributed by atoms with Gasteiger partial charge in [-0.2, -0.15) is 0 Å². The van der Waals surface area contributed by atoms with E-state index in [1.807, 2.05) is 0 Å². The molecular weight excluding hydrogens is 545 g/mol. The molecule has 0 radical (unpaired) electrons. The van der Waals surface area contributed by atoms with Crippen LogP contribution in [0.3, 0.4) is 0 Å². The third kappa shape index (κ3) is 10.8. The minimum atomic E-state index is -0.801. The fourth-order valence-corrected chi connectivity index (χ4v) is 3.65. The Morgan fingerprint density at radius 2 is 1.64 bits per heavy atom. The molecule has 2 atom stereocenters. The second-order valence-electron chi connectivity index (χ2n) is 8.06. The van der Waals surface area contributed by atoms with Crippen LogP contribution in [0.25, 0.3) is 0 Å². The Morgan fingerprint density at radius 3 is 2.18 bits per heavy atom. The van der Waals surface area contributed by atoms with Crippen molar-refractivity contribution in [2.75, 3.05) is 13.1 Å². The Hall–Kier alpha value is -2.51. The lowest BCUT2D eigenvalue weighted by atomic mass is 10.0. The van der Waals surface area contributed by atoms with Crippen LogP contribution in [0.15, 0.2) is 12.2 Å². The number of nitrogens with two attached hydrogens (primary N) is 1. The van der Waals surface area contributed by atoms with Crippen molar-refractivity contribution in [3.63, 3.8) is 0 Å². The van der Waals surface area contributed by atoms with Crippen LogP contribution in [0.2, 0.25) is 0 Å². The number of carbonyl (C=O) groups is 6. The number of imide groups is 1. The number of halogens is 1. The Balaban J connectivity index is 2.43. The molecule has 1 aliphatic heterocycles. The lowest BCUT2D eigenvalue weighted by Crippen LogP contribution is -2.53. The lowest BCUT2D eigenvalue weighted by Gasteiger charge is -2.24. The maximum Gasteiger partial charge on any atom is 0.312 e. The van der Waals surface area contributed by atoms with Crippen molar-refractivity contribution in [3.8, 4) is 0 Å². The van der Waals surface area contributed by atoms with Gasteiger partial charge in [0.1, 0.15) is 6.04 Å². The SMILES string of the molecule is CC(C)[C@H](NC(=O)CCCCCN1C(=O)C=CC1=O)C(=O)N[C@@H](CCCNC(N)=O)C(=O)I. The van der Waals surface area contributed by atoms with Crippen LogP contribution < -0.4 is 21.7 Å². The summed E-state index contributed by atoms with van der Waals surface area (Å²) in [6.07, 6.45) is 5.23. The average molecular weight is 577 g/mol. The quantitative estimate of drug-likeness (QED) is 0.0958. The second kappa shape index (κ2) is 14.6. The van der Waals surface area contributed by atoms with Crippen molar-refractivity contribution in [1.29, 1.82) is 0 Å². The zero-order valence-electron chi connectivity index (χ0n) is 18.9. The number of nitrogens with one attached hydrogen (secondary N) is 3. The van der Waals surface area contributed by atoms with Crippen LogP contribution in [-0.4, -0.2) is 63.5 Å². The Kier molecular flexibility index (Phi) is 12.6. The summed E-state index contributed by atoms with van der Waals surface area (Å²) in [5, 5.41) is 7.82. The molecule has 0 saturated heterocycles. The Labute approximate surface area is 206 Å². The fraction of sp³-hybridized carbons (Fsp3) is 0.619. The predicted molar refractivity (Wildman–Crippen MR) is 129 cm³/mol. The van der Waals surface area contributed by atoms with E-state index in [9.17, 15) is 28.8 Å². The van der Waals surface area contributed by atoms with E-state index in [1.165, 1.54) is 12.2 Å². The largest absolute Gasteiger partial charge is 0.352 e. The molecule has 6 amide bonds. The zero-order valence-corrected chi connectivity index (χ0v) is 21.1. The molecule has 0 bridgehead atoms. The summed E-state index contributed by atoms with van der Waals surface area (Å²) in [4.78, 5) is 71.8. The van der Waals surface area contributed by atoms with Crippen LogP contribution in [0, 0.1) is 5.92 Å². The highest BCUT2D eigenvalue weighted by molar-refractivity contribution is 14.1. The van der Waals surface area contributed by atoms with Gasteiger partial charge in [-0.05, 0) is 31.6 Å².